The van der Waals surface area contributed by atoms with Crippen molar-refractivity contribution in [2.45, 2.75) is 59.4 Å². The third-order valence-corrected chi connectivity index (χ3v) is 8.26. The highest BCUT2D eigenvalue weighted by atomic mass is 32.1. The highest BCUT2D eigenvalue weighted by molar-refractivity contribution is 7.10. The van der Waals surface area contributed by atoms with Crippen molar-refractivity contribution in [2.24, 2.45) is 5.92 Å². The molecule has 1 N–H and O–H groups in total. The summed E-state index contributed by atoms with van der Waals surface area (Å²) in [6.07, 6.45) is 1.64. The van der Waals surface area contributed by atoms with Gasteiger partial charge >= 0.3 is 6.03 Å². The Morgan fingerprint density at radius 1 is 1.05 bits per heavy atom. The topological polar surface area (TPSA) is 61.9 Å². The third-order valence-electron chi connectivity index (χ3n) is 7.26. The minimum Gasteiger partial charge on any atom is -0.491 e. The molecule has 3 amide bonds. The summed E-state index contributed by atoms with van der Waals surface area (Å²) in [5, 5.41) is 5.07. The van der Waals surface area contributed by atoms with Gasteiger partial charge in [-0.25, -0.2) is 4.79 Å². The Labute approximate surface area is 237 Å². The van der Waals surface area contributed by atoms with Crippen molar-refractivity contribution in [3.63, 3.8) is 0 Å². The van der Waals surface area contributed by atoms with Crippen molar-refractivity contribution in [3.05, 3.63) is 81.5 Å². The Morgan fingerprint density at radius 2 is 1.77 bits per heavy atom. The first-order valence-corrected chi connectivity index (χ1v) is 14.8. The number of rotatable bonds is 10. The van der Waals surface area contributed by atoms with Crippen LogP contribution in [0.1, 0.15) is 67.6 Å². The molecule has 2 aromatic carbocycles. The second kappa shape index (κ2) is 13.2. The van der Waals surface area contributed by atoms with E-state index >= 15 is 0 Å². The second-order valence-corrected chi connectivity index (χ2v) is 12.1. The average molecular weight is 548 g/mol. The van der Waals surface area contributed by atoms with Crippen LogP contribution in [-0.2, 0) is 11.2 Å². The number of hydrogen-bond donors (Lipinski definition) is 1. The summed E-state index contributed by atoms with van der Waals surface area (Å²) in [4.78, 5) is 31.9. The van der Waals surface area contributed by atoms with Crippen molar-refractivity contribution in [2.75, 3.05) is 31.6 Å². The van der Waals surface area contributed by atoms with E-state index in [1.807, 2.05) is 48.2 Å². The number of amides is 3. The predicted molar refractivity (Wildman–Crippen MR) is 160 cm³/mol. The van der Waals surface area contributed by atoms with Crippen LogP contribution in [0.15, 0.2) is 60.0 Å². The Morgan fingerprint density at radius 3 is 2.44 bits per heavy atom. The quantitative estimate of drug-likeness (QED) is 0.290. The number of benzene rings is 2. The van der Waals surface area contributed by atoms with E-state index in [4.69, 9.17) is 4.74 Å². The lowest BCUT2D eigenvalue weighted by Gasteiger charge is -2.37. The molecule has 0 unspecified atom stereocenters. The number of anilines is 1. The molecule has 0 radical (unpaired) electrons. The van der Waals surface area contributed by atoms with Crippen molar-refractivity contribution in [1.29, 1.82) is 0 Å². The fourth-order valence-corrected chi connectivity index (χ4v) is 5.69. The number of carbonyl (C=O) groups is 2. The summed E-state index contributed by atoms with van der Waals surface area (Å²) < 4.78 is 6.22. The minimum absolute atomic E-state index is 0.0312. The number of hydrogen-bond acceptors (Lipinski definition) is 4. The number of urea groups is 1. The molecule has 0 spiro atoms. The maximum atomic E-state index is 13.8. The first-order valence-electron chi connectivity index (χ1n) is 13.9. The van der Waals surface area contributed by atoms with E-state index < -0.39 is 0 Å². The van der Waals surface area contributed by atoms with Crippen molar-refractivity contribution < 1.29 is 14.3 Å². The van der Waals surface area contributed by atoms with Crippen LogP contribution in [0.5, 0.6) is 5.75 Å². The zero-order chi connectivity index (χ0) is 27.9. The van der Waals surface area contributed by atoms with E-state index in [9.17, 15) is 9.59 Å². The monoisotopic (exact) mass is 547 g/mol. The smallest absolute Gasteiger partial charge is 0.322 e. The van der Waals surface area contributed by atoms with E-state index in [1.165, 1.54) is 10.4 Å². The molecule has 1 aliphatic rings. The molecule has 6 nitrogen and oxygen atoms in total. The lowest BCUT2D eigenvalue weighted by molar-refractivity contribution is -0.135. The third kappa shape index (κ3) is 7.63. The van der Waals surface area contributed by atoms with Gasteiger partial charge < -0.3 is 19.9 Å². The average Bonchev–Trinajstić information content (AvgIpc) is 3.40. The van der Waals surface area contributed by atoms with Crippen LogP contribution in [0.2, 0.25) is 0 Å². The Kier molecular flexibility index (Phi) is 9.68. The molecule has 2 heterocycles. The van der Waals surface area contributed by atoms with Crippen molar-refractivity contribution in [3.8, 4) is 5.75 Å². The number of nitrogens with one attached hydrogen (secondary N) is 1. The van der Waals surface area contributed by atoms with Crippen LogP contribution >= 0.6 is 11.3 Å². The molecule has 0 fully saturated rings. The largest absolute Gasteiger partial charge is 0.491 e. The molecule has 7 heteroatoms. The van der Waals surface area contributed by atoms with E-state index in [0.717, 1.165) is 35.4 Å². The number of nitrogens with zero attached hydrogens (tertiary/aromatic N) is 2. The summed E-state index contributed by atoms with van der Waals surface area (Å²) in [5.41, 5.74) is 4.27. The van der Waals surface area contributed by atoms with Gasteiger partial charge in [-0.15, -0.1) is 11.3 Å². The van der Waals surface area contributed by atoms with E-state index in [1.54, 1.807) is 16.2 Å². The number of aryl methyl sites for hydroxylation is 1. The summed E-state index contributed by atoms with van der Waals surface area (Å²) >= 11 is 1.73. The Balaban J connectivity index is 1.48. The van der Waals surface area contributed by atoms with Gasteiger partial charge in [0.05, 0.1) is 6.04 Å². The lowest BCUT2D eigenvalue weighted by atomic mass is 10.00. The summed E-state index contributed by atoms with van der Waals surface area (Å²) in [5.74, 6) is 1.62. The zero-order valence-corrected chi connectivity index (χ0v) is 24.6. The number of thiophene rings is 1. The van der Waals surface area contributed by atoms with Crippen LogP contribution in [0, 0.1) is 12.8 Å². The van der Waals surface area contributed by atoms with Gasteiger partial charge in [0.15, 0.2) is 0 Å². The molecule has 39 heavy (non-hydrogen) atoms. The molecule has 0 saturated carbocycles. The fourth-order valence-electron chi connectivity index (χ4n) is 4.76. The van der Waals surface area contributed by atoms with E-state index in [-0.39, 0.29) is 24.5 Å². The first kappa shape index (κ1) is 28.7. The second-order valence-electron chi connectivity index (χ2n) is 11.1. The van der Waals surface area contributed by atoms with Gasteiger partial charge in [-0.1, -0.05) is 57.5 Å². The normalized spacial score (nSPS) is 14.8. The molecule has 0 saturated heterocycles. The number of ether oxygens (including phenoxy) is 1. The highest BCUT2D eigenvalue weighted by Crippen LogP contribution is 2.34. The Bertz CT molecular complexity index is 1230. The molecular formula is C32H41N3O3S. The molecule has 208 valence electrons. The molecule has 1 aromatic heterocycles. The maximum Gasteiger partial charge on any atom is 0.322 e. The van der Waals surface area contributed by atoms with Gasteiger partial charge in [-0.05, 0) is 78.4 Å². The summed E-state index contributed by atoms with van der Waals surface area (Å²) in [7, 11) is 0. The SMILES string of the molecule is Cc1ccc(NC(=O)N(CCC(C)C)CC(=O)N2CCc3sccc3[C@@H]2COc2ccc(C(C)C)cc2)cc1. The number of fused-ring (bicyclic) bond motifs is 1. The van der Waals surface area contributed by atoms with Crippen LogP contribution in [0.3, 0.4) is 0 Å². The summed E-state index contributed by atoms with van der Waals surface area (Å²) in [6.45, 7) is 12.1. The lowest BCUT2D eigenvalue weighted by Crippen LogP contribution is -2.49. The maximum absolute atomic E-state index is 13.8. The predicted octanol–water partition coefficient (Wildman–Crippen LogP) is 7.26. The van der Waals surface area contributed by atoms with Crippen LogP contribution in [0.25, 0.3) is 0 Å². The van der Waals surface area contributed by atoms with Crippen LogP contribution in [0.4, 0.5) is 10.5 Å². The van der Waals surface area contributed by atoms with Crippen molar-refractivity contribution >= 4 is 29.0 Å². The van der Waals surface area contributed by atoms with Crippen molar-refractivity contribution in [1.82, 2.24) is 9.80 Å². The molecule has 3 aromatic rings. The van der Waals surface area contributed by atoms with Gasteiger partial charge in [0.1, 0.15) is 18.9 Å². The standard InChI is InChI=1S/C32H41N3O3S/c1-22(2)14-17-34(32(37)33-26-10-6-24(5)7-11-26)20-31(36)35-18-15-30-28(16-19-39-30)29(35)21-38-27-12-8-25(9-13-27)23(3)4/h6-13,16,19,22-23,29H,14-15,17-18,20-21H2,1-5H3,(H,33,37)/t29-/m0/s1. The first-order chi connectivity index (χ1) is 18.7. The molecule has 1 aliphatic heterocycles. The Hall–Kier alpha value is -3.32. The van der Waals surface area contributed by atoms with Gasteiger partial charge in [0.2, 0.25) is 5.91 Å². The molecule has 0 bridgehead atoms. The number of carbonyl (C=O) groups excluding carboxylic acids is 2. The molecule has 1 atom stereocenters. The summed E-state index contributed by atoms with van der Waals surface area (Å²) in [6, 6.07) is 17.6. The van der Waals surface area contributed by atoms with Gasteiger partial charge in [0.25, 0.3) is 0 Å². The van der Waals surface area contributed by atoms with E-state index in [0.29, 0.717) is 31.5 Å². The molecule has 4 rings (SSSR count). The van der Waals surface area contributed by atoms with Crippen LogP contribution in [-0.4, -0.2) is 48.0 Å². The van der Waals surface area contributed by atoms with Crippen LogP contribution < -0.4 is 10.1 Å². The van der Waals surface area contributed by atoms with Gasteiger partial charge in [-0.2, -0.15) is 0 Å². The molecular weight excluding hydrogens is 506 g/mol. The zero-order valence-electron chi connectivity index (χ0n) is 23.8. The minimum atomic E-state index is -0.251. The fraction of sp³-hybridized carbons (Fsp3) is 0.438. The molecule has 0 aliphatic carbocycles. The van der Waals surface area contributed by atoms with Gasteiger partial charge in [-0.3, -0.25) is 4.79 Å². The highest BCUT2D eigenvalue weighted by Gasteiger charge is 2.33. The van der Waals surface area contributed by atoms with E-state index in [2.05, 4.69) is 56.6 Å². The van der Waals surface area contributed by atoms with Gasteiger partial charge in [0, 0.05) is 23.7 Å².